The second-order valence-electron chi connectivity index (χ2n) is 15.6. The highest BCUT2D eigenvalue weighted by Crippen LogP contribution is 2.37. The summed E-state index contributed by atoms with van der Waals surface area (Å²) in [6.07, 6.45) is 0.186. The van der Waals surface area contributed by atoms with E-state index < -0.39 is 23.7 Å². The minimum Gasteiger partial charge on any atom is -0.477 e. The number of nitrogens with two attached hydrogens (primary N) is 1. The highest BCUT2D eigenvalue weighted by Gasteiger charge is 2.42. The van der Waals surface area contributed by atoms with Crippen LogP contribution < -0.4 is 21.7 Å². The number of rotatable bonds is 13. The third-order valence-corrected chi connectivity index (χ3v) is 11.8. The Labute approximate surface area is 348 Å². The molecule has 1 aromatic carbocycles. The molecule has 17 nitrogen and oxygen atoms in total. The standard InChI is InChI=1S/C39H46ClF3N12O5/c1-51-31(29-21-54(50-34(29)39(41,42)43)32-5-3-27(19-47-32)46-9-8-44)20-48-35(51)36(58)49-26-2-4-28(30(40)16-26)38(60)53-12-10-52(11-13-53)37(59)25-6-14-55(15-7-25,23-33(56)57)22-24-17-45-18-24/h2-5,16,19-21,24-25,45-46H,6-15,17-18,22-23,44H2,1H3,(H-,49,56,57,58,60)/p+1. The number of halogens is 4. The van der Waals surface area contributed by atoms with Gasteiger partial charge < -0.3 is 45.6 Å². The van der Waals surface area contributed by atoms with Gasteiger partial charge in [-0.3, -0.25) is 14.4 Å². The van der Waals surface area contributed by atoms with Gasteiger partial charge >= 0.3 is 12.1 Å². The molecule has 6 N–H and O–H groups in total. The number of hydrogen-bond donors (Lipinski definition) is 5. The highest BCUT2D eigenvalue weighted by molar-refractivity contribution is 6.34. The molecule has 0 saturated carbocycles. The average Bonchev–Trinajstić information content (AvgIpc) is 3.83. The van der Waals surface area contributed by atoms with Crippen molar-refractivity contribution in [2.75, 3.05) is 89.2 Å². The second kappa shape index (κ2) is 17.6. The van der Waals surface area contributed by atoms with Gasteiger partial charge in [-0.2, -0.15) is 18.3 Å². The van der Waals surface area contributed by atoms with Crippen LogP contribution in [0.2, 0.25) is 5.02 Å². The number of nitrogens with one attached hydrogen (secondary N) is 3. The van der Waals surface area contributed by atoms with Crippen molar-refractivity contribution in [1.29, 1.82) is 0 Å². The van der Waals surface area contributed by atoms with Gasteiger partial charge in [0.15, 0.2) is 23.9 Å². The largest absolute Gasteiger partial charge is 0.477 e. The summed E-state index contributed by atoms with van der Waals surface area (Å²) in [5, 5.41) is 22.4. The third kappa shape index (κ3) is 9.25. The van der Waals surface area contributed by atoms with Crippen LogP contribution in [0.15, 0.2) is 48.9 Å². The molecule has 320 valence electrons. The van der Waals surface area contributed by atoms with Crippen LogP contribution in [-0.4, -0.2) is 146 Å². The number of piperazine rings is 1. The first kappa shape index (κ1) is 42.6. The van der Waals surface area contributed by atoms with E-state index in [2.05, 4.69) is 31.0 Å². The Bertz CT molecular complexity index is 2230. The van der Waals surface area contributed by atoms with Crippen molar-refractivity contribution >= 4 is 46.7 Å². The van der Waals surface area contributed by atoms with Gasteiger partial charge in [-0.05, 0) is 30.3 Å². The molecule has 0 spiro atoms. The Balaban J connectivity index is 0.954. The van der Waals surface area contributed by atoms with Gasteiger partial charge in [0.05, 0.1) is 59.6 Å². The van der Waals surface area contributed by atoms with Crippen LogP contribution in [-0.2, 0) is 22.8 Å². The number of aliphatic carboxylic acids is 1. The number of alkyl halides is 3. The van der Waals surface area contributed by atoms with Crippen LogP contribution >= 0.6 is 11.6 Å². The number of quaternary nitrogens is 1. The van der Waals surface area contributed by atoms with E-state index in [1.165, 1.54) is 48.3 Å². The lowest BCUT2D eigenvalue weighted by Gasteiger charge is -2.46. The first-order valence-electron chi connectivity index (χ1n) is 19.7. The smallest absolute Gasteiger partial charge is 0.435 e. The molecule has 0 aliphatic carbocycles. The van der Waals surface area contributed by atoms with Crippen LogP contribution in [0.4, 0.5) is 24.5 Å². The average molecular weight is 856 g/mol. The summed E-state index contributed by atoms with van der Waals surface area (Å²) in [5.41, 5.74) is 5.04. The van der Waals surface area contributed by atoms with Crippen molar-refractivity contribution in [1.82, 2.24) is 39.4 Å². The number of piperidine rings is 1. The molecule has 0 radical (unpaired) electrons. The molecule has 6 heterocycles. The molecule has 3 saturated heterocycles. The van der Waals surface area contributed by atoms with Crippen molar-refractivity contribution in [3.05, 3.63) is 71.0 Å². The Morgan fingerprint density at radius 1 is 1.00 bits per heavy atom. The van der Waals surface area contributed by atoms with Gasteiger partial charge in [0.25, 0.3) is 11.8 Å². The predicted molar refractivity (Wildman–Crippen MR) is 214 cm³/mol. The number of hydrogen-bond acceptors (Lipinski definition) is 10. The number of carbonyl (C=O) groups excluding carboxylic acids is 3. The monoisotopic (exact) mass is 855 g/mol. The maximum absolute atomic E-state index is 14.2. The molecule has 3 fully saturated rings. The SMILES string of the molecule is Cn1c(-c2cn(-c3ccc(NCCN)cn3)nc2C(F)(F)F)cnc1C(=O)Nc1ccc(C(=O)N2CCN(C(=O)C3CC[N+](CC(=O)O)(CC4CNC4)CC3)CC2)c(Cl)c1. The number of carboxylic acid groups (broad SMARTS) is 1. The van der Waals surface area contributed by atoms with Gasteiger partial charge in [0, 0.05) is 96.0 Å². The molecule has 0 unspecified atom stereocenters. The molecule has 21 heteroatoms. The zero-order valence-electron chi connectivity index (χ0n) is 32.9. The number of carbonyl (C=O) groups is 4. The lowest BCUT2D eigenvalue weighted by molar-refractivity contribution is -0.929. The van der Waals surface area contributed by atoms with Crippen LogP contribution in [0, 0.1) is 11.8 Å². The normalized spacial score (nSPS) is 19.8. The number of benzene rings is 1. The topological polar surface area (TPSA) is 206 Å². The summed E-state index contributed by atoms with van der Waals surface area (Å²) in [7, 11) is 1.41. The summed E-state index contributed by atoms with van der Waals surface area (Å²) in [5.74, 6) is -1.66. The summed E-state index contributed by atoms with van der Waals surface area (Å²) in [6.45, 7) is 6.12. The fourth-order valence-electron chi connectivity index (χ4n) is 8.19. The zero-order valence-corrected chi connectivity index (χ0v) is 33.7. The number of nitrogens with zero attached hydrogens (tertiary/aromatic N) is 8. The molecule has 3 amide bonds. The van der Waals surface area contributed by atoms with Crippen molar-refractivity contribution in [3.8, 4) is 17.1 Å². The maximum Gasteiger partial charge on any atom is 0.435 e. The van der Waals surface area contributed by atoms with E-state index >= 15 is 0 Å². The fraction of sp³-hybridized carbons (Fsp3) is 0.462. The van der Waals surface area contributed by atoms with E-state index in [1.807, 2.05) is 0 Å². The first-order valence-corrected chi connectivity index (χ1v) is 20.1. The van der Waals surface area contributed by atoms with E-state index in [1.54, 1.807) is 15.9 Å². The molecule has 60 heavy (non-hydrogen) atoms. The summed E-state index contributed by atoms with van der Waals surface area (Å²) in [4.78, 5) is 63.8. The highest BCUT2D eigenvalue weighted by atomic mass is 35.5. The number of anilines is 2. The number of imidazole rings is 1. The van der Waals surface area contributed by atoms with Gasteiger partial charge in [-0.25, -0.2) is 19.4 Å². The third-order valence-electron chi connectivity index (χ3n) is 11.5. The van der Waals surface area contributed by atoms with E-state index in [0.717, 1.165) is 30.5 Å². The number of pyridine rings is 1. The number of likely N-dealkylation sites (tertiary alicyclic amines) is 1. The minimum atomic E-state index is -4.83. The summed E-state index contributed by atoms with van der Waals surface area (Å²) in [6, 6.07) is 7.52. The van der Waals surface area contributed by atoms with E-state index in [-0.39, 0.29) is 63.5 Å². The molecule has 0 bridgehead atoms. The second-order valence-corrected chi connectivity index (χ2v) is 16.0. The van der Waals surface area contributed by atoms with Gasteiger partial charge in [0.2, 0.25) is 5.91 Å². The van der Waals surface area contributed by atoms with Crippen LogP contribution in [0.5, 0.6) is 0 Å². The van der Waals surface area contributed by atoms with Gasteiger partial charge in [-0.15, -0.1) is 0 Å². The number of carboxylic acids is 1. The molecular weight excluding hydrogens is 809 g/mol. The van der Waals surface area contributed by atoms with Gasteiger partial charge in [-0.1, -0.05) is 11.6 Å². The Kier molecular flexibility index (Phi) is 12.5. The molecule has 3 aliphatic heterocycles. The number of amides is 3. The van der Waals surface area contributed by atoms with Gasteiger partial charge in [0.1, 0.15) is 0 Å². The minimum absolute atomic E-state index is 0.0198. The first-order chi connectivity index (χ1) is 28.6. The van der Waals surface area contributed by atoms with E-state index in [4.69, 9.17) is 17.3 Å². The molecule has 4 aromatic rings. The summed E-state index contributed by atoms with van der Waals surface area (Å²) < 4.78 is 45.4. The Hall–Kier alpha value is -5.57. The van der Waals surface area contributed by atoms with Crippen molar-refractivity contribution in [2.24, 2.45) is 24.6 Å². The maximum atomic E-state index is 14.2. The Morgan fingerprint density at radius 3 is 2.30 bits per heavy atom. The summed E-state index contributed by atoms with van der Waals surface area (Å²) >= 11 is 6.56. The molecular formula is C39H47ClF3N12O5+. The molecule has 7 rings (SSSR count). The molecule has 3 aromatic heterocycles. The number of aromatic nitrogens is 5. The quantitative estimate of drug-likeness (QED) is 0.124. The molecule has 3 aliphatic rings. The van der Waals surface area contributed by atoms with Crippen LogP contribution in [0.3, 0.4) is 0 Å². The van der Waals surface area contributed by atoms with E-state index in [9.17, 15) is 37.5 Å². The lowest BCUT2D eigenvalue weighted by Crippen LogP contribution is -2.62. The van der Waals surface area contributed by atoms with E-state index in [0.29, 0.717) is 81.3 Å². The van der Waals surface area contributed by atoms with Crippen molar-refractivity contribution in [2.45, 2.75) is 19.0 Å². The fourth-order valence-corrected chi connectivity index (χ4v) is 8.45. The lowest BCUT2D eigenvalue weighted by atomic mass is 9.90. The molecule has 0 atom stereocenters. The van der Waals surface area contributed by atoms with Crippen molar-refractivity contribution < 1.29 is 41.9 Å². The van der Waals surface area contributed by atoms with Crippen molar-refractivity contribution in [3.63, 3.8) is 0 Å². The predicted octanol–water partition coefficient (Wildman–Crippen LogP) is 2.78. The zero-order chi connectivity index (χ0) is 42.8. The Morgan fingerprint density at radius 2 is 1.70 bits per heavy atom. The van der Waals surface area contributed by atoms with Crippen LogP contribution in [0.25, 0.3) is 17.1 Å². The van der Waals surface area contributed by atoms with Crippen LogP contribution in [0.1, 0.15) is 39.5 Å².